The van der Waals surface area contributed by atoms with Crippen molar-refractivity contribution in [3.63, 3.8) is 0 Å². The fourth-order valence-electron chi connectivity index (χ4n) is 2.57. The number of fused-ring (bicyclic) bond motifs is 1. The minimum atomic E-state index is -0.0584. The van der Waals surface area contributed by atoms with Gasteiger partial charge in [-0.05, 0) is 49.7 Å². The minimum absolute atomic E-state index is 0.0584. The van der Waals surface area contributed by atoms with Crippen molar-refractivity contribution in [1.29, 1.82) is 0 Å². The van der Waals surface area contributed by atoms with Gasteiger partial charge in [-0.25, -0.2) is 9.97 Å². The molecule has 3 aromatic rings. The van der Waals surface area contributed by atoms with Crippen LogP contribution in [0.15, 0.2) is 42.5 Å². The van der Waals surface area contributed by atoms with Gasteiger partial charge in [0.1, 0.15) is 0 Å². The van der Waals surface area contributed by atoms with E-state index in [0.717, 1.165) is 28.0 Å². The van der Waals surface area contributed by atoms with Crippen molar-refractivity contribution < 1.29 is 4.79 Å². The van der Waals surface area contributed by atoms with Crippen LogP contribution in [0.25, 0.3) is 11.0 Å². The molecule has 4 nitrogen and oxygen atoms in total. The number of rotatable bonds is 3. The molecule has 3 rings (SSSR count). The summed E-state index contributed by atoms with van der Waals surface area (Å²) in [5.74, 6) is -0.0584. The van der Waals surface area contributed by atoms with E-state index < -0.39 is 0 Å². The Morgan fingerprint density at radius 1 is 1.04 bits per heavy atom. The van der Waals surface area contributed by atoms with E-state index in [1.165, 1.54) is 0 Å². The second-order valence-corrected chi connectivity index (χ2v) is 6.33. The lowest BCUT2D eigenvalue weighted by molar-refractivity contribution is 0.0785. The molecule has 0 radical (unpaired) electrons. The Hall–Kier alpha value is -2.46. The average Bonchev–Trinajstić information content (AvgIpc) is 2.55. The summed E-state index contributed by atoms with van der Waals surface area (Å²) in [6, 6.07) is 13.0. The average molecular weight is 340 g/mol. The van der Waals surface area contributed by atoms with Crippen LogP contribution in [0.3, 0.4) is 0 Å². The van der Waals surface area contributed by atoms with Crippen LogP contribution in [0.4, 0.5) is 0 Å². The first kappa shape index (κ1) is 16.4. The van der Waals surface area contributed by atoms with Crippen molar-refractivity contribution in [1.82, 2.24) is 14.9 Å². The normalized spacial score (nSPS) is 10.8. The summed E-state index contributed by atoms with van der Waals surface area (Å²) in [7, 11) is 1.78. The van der Waals surface area contributed by atoms with Gasteiger partial charge in [0.2, 0.25) is 0 Å². The first-order chi connectivity index (χ1) is 11.4. The van der Waals surface area contributed by atoms with Gasteiger partial charge in [0.05, 0.1) is 22.4 Å². The third kappa shape index (κ3) is 3.39. The first-order valence-electron chi connectivity index (χ1n) is 7.69. The summed E-state index contributed by atoms with van der Waals surface area (Å²) in [4.78, 5) is 23.4. The Morgan fingerprint density at radius 3 is 2.46 bits per heavy atom. The van der Waals surface area contributed by atoms with E-state index >= 15 is 0 Å². The maximum Gasteiger partial charge on any atom is 0.253 e. The van der Waals surface area contributed by atoms with E-state index in [-0.39, 0.29) is 5.91 Å². The lowest BCUT2D eigenvalue weighted by Crippen LogP contribution is -2.26. The van der Waals surface area contributed by atoms with E-state index in [4.69, 9.17) is 11.6 Å². The number of halogens is 1. The number of amides is 1. The zero-order valence-electron chi connectivity index (χ0n) is 13.9. The molecule has 1 aromatic heterocycles. The van der Waals surface area contributed by atoms with E-state index in [2.05, 4.69) is 9.97 Å². The SMILES string of the molecule is Cc1nc2ccc(C(=O)N(C)Cc3cccc(Cl)c3)cc2nc1C. The van der Waals surface area contributed by atoms with Gasteiger partial charge < -0.3 is 4.90 Å². The smallest absolute Gasteiger partial charge is 0.253 e. The molecule has 0 aliphatic carbocycles. The van der Waals surface area contributed by atoms with Gasteiger partial charge in [0.15, 0.2) is 0 Å². The first-order valence-corrected chi connectivity index (χ1v) is 8.07. The lowest BCUT2D eigenvalue weighted by Gasteiger charge is -2.17. The van der Waals surface area contributed by atoms with Crippen molar-refractivity contribution in [2.24, 2.45) is 0 Å². The summed E-state index contributed by atoms with van der Waals surface area (Å²) in [5.41, 5.74) is 4.90. The predicted molar refractivity (Wildman–Crippen MR) is 96.3 cm³/mol. The molecule has 0 aliphatic heterocycles. The summed E-state index contributed by atoms with van der Waals surface area (Å²) in [5, 5.41) is 0.667. The Morgan fingerprint density at radius 2 is 1.75 bits per heavy atom. The third-order valence-electron chi connectivity index (χ3n) is 3.98. The van der Waals surface area contributed by atoms with Gasteiger partial charge >= 0.3 is 0 Å². The standard InChI is InChI=1S/C19H18ClN3O/c1-12-13(2)22-18-10-15(7-8-17(18)21-12)19(24)23(3)11-14-5-4-6-16(20)9-14/h4-10H,11H2,1-3H3. The molecule has 0 bridgehead atoms. The molecular weight excluding hydrogens is 322 g/mol. The molecule has 1 amide bonds. The summed E-state index contributed by atoms with van der Waals surface area (Å²) in [6.07, 6.45) is 0. The zero-order valence-corrected chi connectivity index (χ0v) is 14.6. The van der Waals surface area contributed by atoms with Crippen LogP contribution in [0, 0.1) is 13.8 Å². The number of hydrogen-bond acceptors (Lipinski definition) is 3. The molecule has 0 unspecified atom stereocenters. The number of aryl methyl sites for hydroxylation is 2. The molecule has 0 N–H and O–H groups in total. The summed E-state index contributed by atoms with van der Waals surface area (Å²) >= 11 is 6.00. The number of hydrogen-bond donors (Lipinski definition) is 0. The molecule has 0 fully saturated rings. The van der Waals surface area contributed by atoms with Gasteiger partial charge in [-0.2, -0.15) is 0 Å². The molecule has 122 valence electrons. The number of benzene rings is 2. The largest absolute Gasteiger partial charge is 0.337 e. The van der Waals surface area contributed by atoms with Gasteiger partial charge in [-0.15, -0.1) is 0 Å². The van der Waals surface area contributed by atoms with E-state index in [1.807, 2.05) is 44.2 Å². The van der Waals surface area contributed by atoms with Crippen LogP contribution in [-0.2, 0) is 6.54 Å². The number of carbonyl (C=O) groups excluding carboxylic acids is 1. The number of aromatic nitrogens is 2. The summed E-state index contributed by atoms with van der Waals surface area (Å²) < 4.78 is 0. The Balaban J connectivity index is 1.86. The second kappa shape index (κ2) is 6.57. The topological polar surface area (TPSA) is 46.1 Å². The van der Waals surface area contributed by atoms with Crippen molar-refractivity contribution in [3.8, 4) is 0 Å². The Bertz CT molecular complexity index is 924. The molecular formula is C19H18ClN3O. The van der Waals surface area contributed by atoms with Crippen LogP contribution < -0.4 is 0 Å². The van der Waals surface area contributed by atoms with Crippen molar-refractivity contribution in [2.75, 3.05) is 7.05 Å². The molecule has 0 atom stereocenters. The molecule has 1 heterocycles. The molecule has 5 heteroatoms. The van der Waals surface area contributed by atoms with Gasteiger partial charge in [-0.3, -0.25) is 4.79 Å². The molecule has 0 spiro atoms. The highest BCUT2D eigenvalue weighted by Gasteiger charge is 2.14. The fourth-order valence-corrected chi connectivity index (χ4v) is 2.78. The van der Waals surface area contributed by atoms with Crippen LogP contribution in [-0.4, -0.2) is 27.8 Å². The Labute approximate surface area is 146 Å². The maximum absolute atomic E-state index is 12.7. The highest BCUT2D eigenvalue weighted by molar-refractivity contribution is 6.30. The molecule has 0 aliphatic rings. The quantitative estimate of drug-likeness (QED) is 0.719. The van der Waals surface area contributed by atoms with E-state index in [0.29, 0.717) is 17.1 Å². The van der Waals surface area contributed by atoms with E-state index in [1.54, 1.807) is 24.1 Å². The van der Waals surface area contributed by atoms with Crippen LogP contribution in [0.2, 0.25) is 5.02 Å². The molecule has 0 saturated heterocycles. The highest BCUT2D eigenvalue weighted by atomic mass is 35.5. The van der Waals surface area contributed by atoms with Crippen LogP contribution >= 0.6 is 11.6 Å². The minimum Gasteiger partial charge on any atom is -0.337 e. The maximum atomic E-state index is 12.7. The molecule has 0 saturated carbocycles. The van der Waals surface area contributed by atoms with Crippen LogP contribution in [0.1, 0.15) is 27.3 Å². The summed E-state index contributed by atoms with van der Waals surface area (Å²) in [6.45, 7) is 4.34. The number of carbonyl (C=O) groups is 1. The van der Waals surface area contributed by atoms with Gasteiger partial charge in [0, 0.05) is 24.2 Å². The second-order valence-electron chi connectivity index (χ2n) is 5.89. The fraction of sp³-hybridized carbons (Fsp3) is 0.211. The van der Waals surface area contributed by atoms with E-state index in [9.17, 15) is 4.79 Å². The van der Waals surface area contributed by atoms with Gasteiger partial charge in [0.25, 0.3) is 5.91 Å². The van der Waals surface area contributed by atoms with Crippen LogP contribution in [0.5, 0.6) is 0 Å². The van der Waals surface area contributed by atoms with Crippen molar-refractivity contribution in [2.45, 2.75) is 20.4 Å². The highest BCUT2D eigenvalue weighted by Crippen LogP contribution is 2.17. The zero-order chi connectivity index (χ0) is 17.3. The lowest BCUT2D eigenvalue weighted by atomic mass is 10.1. The van der Waals surface area contributed by atoms with Crippen molar-refractivity contribution in [3.05, 3.63) is 70.0 Å². The van der Waals surface area contributed by atoms with Crippen molar-refractivity contribution >= 4 is 28.5 Å². The molecule has 2 aromatic carbocycles. The predicted octanol–water partition coefficient (Wildman–Crippen LogP) is 4.17. The monoisotopic (exact) mass is 339 g/mol. The van der Waals surface area contributed by atoms with Gasteiger partial charge in [-0.1, -0.05) is 23.7 Å². The Kier molecular flexibility index (Phi) is 4.49. The third-order valence-corrected chi connectivity index (χ3v) is 4.21. The number of nitrogens with zero attached hydrogens (tertiary/aromatic N) is 3. The molecule has 24 heavy (non-hydrogen) atoms.